The van der Waals surface area contributed by atoms with Crippen LogP contribution < -0.4 is 0 Å². The SMILES string of the molecule is O=C1O[C@H]2CC=C[C@H]3c4ccccc4C(=O)N1[C@@H]23. The Morgan fingerprint density at radius 3 is 2.94 bits per heavy atom. The molecule has 1 saturated heterocycles. The summed E-state index contributed by atoms with van der Waals surface area (Å²) in [6, 6.07) is 7.33. The lowest BCUT2D eigenvalue weighted by molar-refractivity contribution is 0.0739. The van der Waals surface area contributed by atoms with Gasteiger partial charge in [-0.15, -0.1) is 0 Å². The summed E-state index contributed by atoms with van der Waals surface area (Å²) in [6.45, 7) is 0. The first-order valence-corrected chi connectivity index (χ1v) is 6.07. The first kappa shape index (κ1) is 9.88. The third kappa shape index (κ3) is 1.05. The van der Waals surface area contributed by atoms with Crippen molar-refractivity contribution in [3.63, 3.8) is 0 Å². The second kappa shape index (κ2) is 3.22. The van der Waals surface area contributed by atoms with Gasteiger partial charge in [-0.3, -0.25) is 4.79 Å². The molecule has 18 heavy (non-hydrogen) atoms. The van der Waals surface area contributed by atoms with E-state index in [4.69, 9.17) is 4.74 Å². The van der Waals surface area contributed by atoms with Gasteiger partial charge in [-0.05, 0) is 11.6 Å². The first-order valence-electron chi connectivity index (χ1n) is 6.07. The highest BCUT2D eigenvalue weighted by Crippen LogP contribution is 2.43. The predicted octanol–water partition coefficient (Wildman–Crippen LogP) is 2.07. The van der Waals surface area contributed by atoms with Crippen molar-refractivity contribution >= 4 is 12.0 Å². The molecular formula is C14H11NO3. The van der Waals surface area contributed by atoms with Gasteiger partial charge in [0.1, 0.15) is 6.10 Å². The maximum atomic E-state index is 12.3. The summed E-state index contributed by atoms with van der Waals surface area (Å²) in [5, 5.41) is 0. The van der Waals surface area contributed by atoms with Gasteiger partial charge in [0, 0.05) is 17.9 Å². The van der Waals surface area contributed by atoms with E-state index in [-0.39, 0.29) is 24.0 Å². The standard InChI is InChI=1S/C14H11NO3/c16-13-10-5-2-1-4-8(10)9-6-3-7-11-12(9)15(13)14(17)18-11/h1-6,9,11-12H,7H2/t9-,11-,12+/m0/s1. The summed E-state index contributed by atoms with van der Waals surface area (Å²) in [4.78, 5) is 25.5. The summed E-state index contributed by atoms with van der Waals surface area (Å²) in [5.74, 6) is -0.154. The molecule has 0 radical (unpaired) electrons. The Labute approximate surface area is 104 Å². The van der Waals surface area contributed by atoms with Gasteiger partial charge in [0.25, 0.3) is 5.91 Å². The smallest absolute Gasteiger partial charge is 0.417 e. The number of imide groups is 1. The highest BCUT2D eigenvalue weighted by molar-refractivity contribution is 6.06. The van der Waals surface area contributed by atoms with Crippen molar-refractivity contribution in [2.24, 2.45) is 0 Å². The number of benzene rings is 1. The molecule has 0 aromatic heterocycles. The third-order valence-corrected chi connectivity index (χ3v) is 3.98. The van der Waals surface area contributed by atoms with Crippen LogP contribution in [0.2, 0.25) is 0 Å². The van der Waals surface area contributed by atoms with Gasteiger partial charge in [-0.1, -0.05) is 30.4 Å². The minimum atomic E-state index is -0.502. The summed E-state index contributed by atoms with van der Waals surface area (Å²) >= 11 is 0. The van der Waals surface area contributed by atoms with Gasteiger partial charge in [-0.25, -0.2) is 9.69 Å². The van der Waals surface area contributed by atoms with Crippen molar-refractivity contribution in [3.05, 3.63) is 47.5 Å². The van der Waals surface area contributed by atoms with Crippen LogP contribution in [0.3, 0.4) is 0 Å². The van der Waals surface area contributed by atoms with E-state index in [1.54, 1.807) is 6.07 Å². The zero-order valence-corrected chi connectivity index (χ0v) is 9.58. The van der Waals surface area contributed by atoms with Crippen molar-refractivity contribution in [2.45, 2.75) is 24.5 Å². The molecule has 4 heteroatoms. The minimum Gasteiger partial charge on any atom is -0.443 e. The Hall–Kier alpha value is -2.10. The predicted molar refractivity (Wildman–Crippen MR) is 63.2 cm³/mol. The zero-order chi connectivity index (χ0) is 12.3. The van der Waals surface area contributed by atoms with Gasteiger partial charge < -0.3 is 4.74 Å². The van der Waals surface area contributed by atoms with Crippen LogP contribution in [0.15, 0.2) is 36.4 Å². The zero-order valence-electron chi connectivity index (χ0n) is 9.58. The van der Waals surface area contributed by atoms with E-state index >= 15 is 0 Å². The van der Waals surface area contributed by atoms with E-state index in [2.05, 4.69) is 6.08 Å². The summed E-state index contributed by atoms with van der Waals surface area (Å²) in [6.07, 6.45) is 4.12. The van der Waals surface area contributed by atoms with Crippen LogP contribution in [0.25, 0.3) is 0 Å². The number of amides is 2. The molecule has 0 N–H and O–H groups in total. The Morgan fingerprint density at radius 1 is 1.22 bits per heavy atom. The molecule has 2 aliphatic heterocycles. The molecule has 3 aliphatic rings. The normalized spacial score (nSPS) is 32.0. The van der Waals surface area contributed by atoms with Crippen molar-refractivity contribution in [1.82, 2.24) is 4.90 Å². The van der Waals surface area contributed by atoms with E-state index in [1.807, 2.05) is 24.3 Å². The van der Waals surface area contributed by atoms with E-state index in [1.165, 1.54) is 4.90 Å². The number of rotatable bonds is 0. The number of hydrogen-bond acceptors (Lipinski definition) is 3. The fraction of sp³-hybridized carbons (Fsp3) is 0.286. The number of carbonyl (C=O) groups is 2. The lowest BCUT2D eigenvalue weighted by Crippen LogP contribution is -2.49. The average Bonchev–Trinajstić information content (AvgIpc) is 2.73. The molecule has 4 rings (SSSR count). The monoisotopic (exact) mass is 241 g/mol. The third-order valence-electron chi connectivity index (χ3n) is 3.98. The van der Waals surface area contributed by atoms with Crippen LogP contribution >= 0.6 is 0 Å². The van der Waals surface area contributed by atoms with E-state index in [0.29, 0.717) is 12.0 Å². The van der Waals surface area contributed by atoms with Gasteiger partial charge >= 0.3 is 6.09 Å². The molecule has 1 aliphatic carbocycles. The average molecular weight is 241 g/mol. The second-order valence-electron chi connectivity index (χ2n) is 4.86. The number of nitrogens with zero attached hydrogens (tertiary/aromatic N) is 1. The maximum Gasteiger partial charge on any atom is 0.417 e. The lowest BCUT2D eigenvalue weighted by Gasteiger charge is -2.36. The highest BCUT2D eigenvalue weighted by Gasteiger charge is 2.53. The van der Waals surface area contributed by atoms with Crippen molar-refractivity contribution in [3.8, 4) is 0 Å². The Morgan fingerprint density at radius 2 is 2.06 bits per heavy atom. The van der Waals surface area contributed by atoms with E-state index in [0.717, 1.165) is 5.56 Å². The van der Waals surface area contributed by atoms with Gasteiger partial charge in [0.05, 0.1) is 6.04 Å². The van der Waals surface area contributed by atoms with Crippen molar-refractivity contribution in [1.29, 1.82) is 0 Å². The van der Waals surface area contributed by atoms with Crippen LogP contribution in [-0.2, 0) is 4.74 Å². The quantitative estimate of drug-likeness (QED) is 0.653. The van der Waals surface area contributed by atoms with Gasteiger partial charge in [0.2, 0.25) is 0 Å². The lowest BCUT2D eigenvalue weighted by atomic mass is 9.78. The maximum absolute atomic E-state index is 12.3. The highest BCUT2D eigenvalue weighted by atomic mass is 16.6. The molecule has 3 atom stereocenters. The Bertz CT molecular complexity index is 592. The summed E-state index contributed by atoms with van der Waals surface area (Å²) < 4.78 is 5.30. The molecule has 0 saturated carbocycles. The number of fused-ring (bicyclic) bond motifs is 2. The number of ether oxygens (including phenoxy) is 1. The number of hydrogen-bond donors (Lipinski definition) is 0. The minimum absolute atomic E-state index is 0.0732. The second-order valence-corrected chi connectivity index (χ2v) is 4.86. The summed E-state index contributed by atoms with van der Waals surface area (Å²) in [5.41, 5.74) is 1.62. The van der Waals surface area contributed by atoms with E-state index < -0.39 is 6.09 Å². The van der Waals surface area contributed by atoms with Gasteiger partial charge in [0.15, 0.2) is 0 Å². The molecule has 2 heterocycles. The molecular weight excluding hydrogens is 230 g/mol. The topological polar surface area (TPSA) is 46.6 Å². The molecule has 0 unspecified atom stereocenters. The van der Waals surface area contributed by atoms with Crippen LogP contribution in [0.4, 0.5) is 4.79 Å². The molecule has 1 aromatic carbocycles. The number of carbonyl (C=O) groups excluding carboxylic acids is 2. The Balaban J connectivity index is 1.97. The first-order chi connectivity index (χ1) is 8.77. The molecule has 1 aromatic rings. The van der Waals surface area contributed by atoms with Gasteiger partial charge in [-0.2, -0.15) is 0 Å². The van der Waals surface area contributed by atoms with E-state index in [9.17, 15) is 9.59 Å². The van der Waals surface area contributed by atoms with Crippen molar-refractivity contribution < 1.29 is 14.3 Å². The molecule has 2 amide bonds. The molecule has 1 fully saturated rings. The fourth-order valence-electron chi connectivity index (χ4n) is 3.21. The molecule has 4 nitrogen and oxygen atoms in total. The summed E-state index contributed by atoms with van der Waals surface area (Å²) in [7, 11) is 0. The molecule has 90 valence electrons. The van der Waals surface area contributed by atoms with Crippen LogP contribution in [-0.4, -0.2) is 29.0 Å². The largest absolute Gasteiger partial charge is 0.443 e. The van der Waals surface area contributed by atoms with Crippen molar-refractivity contribution in [2.75, 3.05) is 0 Å². The molecule has 0 bridgehead atoms. The molecule has 0 spiro atoms. The fourth-order valence-corrected chi connectivity index (χ4v) is 3.21. The Kier molecular flexibility index (Phi) is 1.77. The van der Waals surface area contributed by atoms with Crippen LogP contribution in [0.5, 0.6) is 0 Å². The van der Waals surface area contributed by atoms with Crippen LogP contribution in [0.1, 0.15) is 28.3 Å². The van der Waals surface area contributed by atoms with Crippen LogP contribution in [0, 0.1) is 0 Å².